The van der Waals surface area contributed by atoms with E-state index in [1.807, 2.05) is 11.0 Å². The third kappa shape index (κ3) is 1.86. The molecule has 0 radical (unpaired) electrons. The van der Waals surface area contributed by atoms with Crippen molar-refractivity contribution in [2.75, 3.05) is 25.1 Å². The smallest absolute Gasteiger partial charge is 0.310 e. The Morgan fingerprint density at radius 2 is 2.40 bits per heavy atom. The Hall–Kier alpha value is -1.78. The maximum atomic E-state index is 10.6. The Kier molecular flexibility index (Phi) is 2.45. The molecular formula is C10H12N2O3. The van der Waals surface area contributed by atoms with Crippen molar-refractivity contribution < 1.29 is 14.6 Å². The van der Waals surface area contributed by atoms with Crippen molar-refractivity contribution in [2.45, 2.75) is 0 Å². The molecule has 0 aromatic carbocycles. The van der Waals surface area contributed by atoms with Gasteiger partial charge in [-0.3, -0.25) is 4.79 Å². The second-order valence-corrected chi connectivity index (χ2v) is 3.50. The van der Waals surface area contributed by atoms with Crippen LogP contribution in [0.3, 0.4) is 0 Å². The first kappa shape index (κ1) is 9.76. The predicted molar refractivity (Wildman–Crippen MR) is 54.1 cm³/mol. The van der Waals surface area contributed by atoms with Crippen LogP contribution >= 0.6 is 0 Å². The number of aliphatic carboxylic acids is 1. The summed E-state index contributed by atoms with van der Waals surface area (Å²) in [6.07, 6.45) is 1.66. The lowest BCUT2D eigenvalue weighted by Crippen LogP contribution is -2.50. The van der Waals surface area contributed by atoms with Crippen LogP contribution in [0.15, 0.2) is 18.3 Å². The zero-order chi connectivity index (χ0) is 10.8. The van der Waals surface area contributed by atoms with E-state index in [4.69, 9.17) is 9.84 Å². The van der Waals surface area contributed by atoms with Crippen LogP contribution in [0, 0.1) is 5.92 Å². The van der Waals surface area contributed by atoms with Gasteiger partial charge >= 0.3 is 5.97 Å². The van der Waals surface area contributed by atoms with E-state index in [2.05, 4.69) is 4.98 Å². The van der Waals surface area contributed by atoms with Crippen LogP contribution in [0.5, 0.6) is 5.88 Å². The summed E-state index contributed by atoms with van der Waals surface area (Å²) in [5, 5.41) is 8.73. The van der Waals surface area contributed by atoms with Crippen molar-refractivity contribution in [3.63, 3.8) is 0 Å². The van der Waals surface area contributed by atoms with E-state index in [1.165, 1.54) is 0 Å². The molecule has 5 nitrogen and oxygen atoms in total. The van der Waals surface area contributed by atoms with Crippen molar-refractivity contribution in [3.8, 4) is 5.88 Å². The normalized spacial score (nSPS) is 15.9. The minimum Gasteiger partial charge on any atom is -0.481 e. The summed E-state index contributed by atoms with van der Waals surface area (Å²) in [6.45, 7) is 1.12. The molecule has 1 N–H and O–H groups in total. The van der Waals surface area contributed by atoms with Gasteiger partial charge in [0.05, 0.1) is 13.0 Å². The molecule has 1 aliphatic heterocycles. The summed E-state index contributed by atoms with van der Waals surface area (Å²) in [5.41, 5.74) is 0.958. The Morgan fingerprint density at radius 3 is 3.00 bits per heavy atom. The molecule has 0 atom stereocenters. The standard InChI is InChI=1S/C10H12N2O3/c1-15-9-4-8(2-3-11-9)12-5-7(6-12)10(13)14/h2-4,7H,5-6H2,1H3,(H,13,14). The fourth-order valence-electron chi connectivity index (χ4n) is 1.55. The van der Waals surface area contributed by atoms with Crippen LogP contribution in [-0.2, 0) is 4.79 Å². The third-order valence-electron chi connectivity index (χ3n) is 2.52. The number of hydrogen-bond acceptors (Lipinski definition) is 4. The number of hydrogen-bond donors (Lipinski definition) is 1. The number of rotatable bonds is 3. The van der Waals surface area contributed by atoms with Crippen molar-refractivity contribution in [1.29, 1.82) is 0 Å². The van der Waals surface area contributed by atoms with Crippen molar-refractivity contribution in [1.82, 2.24) is 4.98 Å². The van der Waals surface area contributed by atoms with E-state index < -0.39 is 5.97 Å². The lowest BCUT2D eigenvalue weighted by atomic mass is 10.00. The second kappa shape index (κ2) is 3.76. The van der Waals surface area contributed by atoms with Crippen molar-refractivity contribution in [2.24, 2.45) is 5.92 Å². The van der Waals surface area contributed by atoms with Crippen LogP contribution in [0.25, 0.3) is 0 Å². The number of carboxylic acid groups (broad SMARTS) is 1. The molecule has 5 heteroatoms. The van der Waals surface area contributed by atoms with E-state index in [9.17, 15) is 4.79 Å². The van der Waals surface area contributed by atoms with E-state index in [0.29, 0.717) is 19.0 Å². The lowest BCUT2D eigenvalue weighted by molar-refractivity contribution is -0.142. The highest BCUT2D eigenvalue weighted by Crippen LogP contribution is 2.26. The first-order valence-electron chi connectivity index (χ1n) is 4.68. The van der Waals surface area contributed by atoms with Crippen LogP contribution in [0.2, 0.25) is 0 Å². The summed E-state index contributed by atoms with van der Waals surface area (Å²) in [4.78, 5) is 16.6. The highest BCUT2D eigenvalue weighted by atomic mass is 16.5. The quantitative estimate of drug-likeness (QED) is 0.788. The van der Waals surface area contributed by atoms with Gasteiger partial charge in [-0.05, 0) is 6.07 Å². The number of ether oxygens (including phenoxy) is 1. The van der Waals surface area contributed by atoms with Gasteiger partial charge in [-0.25, -0.2) is 4.98 Å². The molecule has 2 rings (SSSR count). The molecule has 0 bridgehead atoms. The van der Waals surface area contributed by atoms with Gasteiger partial charge in [-0.1, -0.05) is 0 Å². The van der Waals surface area contributed by atoms with Crippen LogP contribution in [0.4, 0.5) is 5.69 Å². The maximum absolute atomic E-state index is 10.6. The highest BCUT2D eigenvalue weighted by Gasteiger charge is 2.32. The van der Waals surface area contributed by atoms with Gasteiger partial charge in [-0.15, -0.1) is 0 Å². The topological polar surface area (TPSA) is 62.7 Å². The molecule has 1 fully saturated rings. The molecule has 0 amide bonds. The molecule has 80 valence electrons. The van der Waals surface area contributed by atoms with Crippen LogP contribution in [0.1, 0.15) is 0 Å². The van der Waals surface area contributed by atoms with E-state index in [1.54, 1.807) is 19.4 Å². The predicted octanol–water partition coefficient (Wildman–Crippen LogP) is 0.611. The van der Waals surface area contributed by atoms with Gasteiger partial charge in [0.15, 0.2) is 0 Å². The molecule has 1 saturated heterocycles. The summed E-state index contributed by atoms with van der Waals surface area (Å²) in [7, 11) is 1.56. The average molecular weight is 208 g/mol. The van der Waals surface area contributed by atoms with Gasteiger partial charge in [0.25, 0.3) is 0 Å². The van der Waals surface area contributed by atoms with Gasteiger partial charge < -0.3 is 14.7 Å². The molecule has 1 aliphatic rings. The SMILES string of the molecule is COc1cc(N2CC(C(=O)O)C2)ccn1. The zero-order valence-corrected chi connectivity index (χ0v) is 8.38. The number of pyridine rings is 1. The molecule has 0 spiro atoms. The first-order chi connectivity index (χ1) is 7.20. The molecule has 0 unspecified atom stereocenters. The largest absolute Gasteiger partial charge is 0.481 e. The van der Waals surface area contributed by atoms with E-state index in [-0.39, 0.29) is 5.92 Å². The molecule has 2 heterocycles. The summed E-state index contributed by atoms with van der Waals surface area (Å²) in [6, 6.07) is 3.65. The molecule has 1 aromatic heterocycles. The number of carboxylic acids is 1. The number of aromatic nitrogens is 1. The van der Waals surface area contributed by atoms with Gasteiger partial charge in [0.1, 0.15) is 0 Å². The van der Waals surface area contributed by atoms with Gasteiger partial charge in [0, 0.05) is 31.0 Å². The highest BCUT2D eigenvalue weighted by molar-refractivity contribution is 5.74. The molecular weight excluding hydrogens is 196 g/mol. The minimum absolute atomic E-state index is 0.246. The monoisotopic (exact) mass is 208 g/mol. The number of methoxy groups -OCH3 is 1. The zero-order valence-electron chi connectivity index (χ0n) is 8.38. The van der Waals surface area contributed by atoms with Gasteiger partial charge in [0.2, 0.25) is 5.88 Å². The molecule has 1 aromatic rings. The number of anilines is 1. The summed E-state index contributed by atoms with van der Waals surface area (Å²) >= 11 is 0. The number of carbonyl (C=O) groups is 1. The Bertz CT molecular complexity index is 375. The number of nitrogens with zero attached hydrogens (tertiary/aromatic N) is 2. The minimum atomic E-state index is -0.729. The van der Waals surface area contributed by atoms with Gasteiger partial charge in [-0.2, -0.15) is 0 Å². The fraction of sp³-hybridized carbons (Fsp3) is 0.400. The first-order valence-corrected chi connectivity index (χ1v) is 4.68. The fourth-order valence-corrected chi connectivity index (χ4v) is 1.55. The Morgan fingerprint density at radius 1 is 1.67 bits per heavy atom. The van der Waals surface area contributed by atoms with E-state index in [0.717, 1.165) is 5.69 Å². The average Bonchev–Trinajstić information content (AvgIpc) is 2.15. The van der Waals surface area contributed by atoms with Crippen molar-refractivity contribution >= 4 is 11.7 Å². The second-order valence-electron chi connectivity index (χ2n) is 3.50. The lowest BCUT2D eigenvalue weighted by Gasteiger charge is -2.38. The van der Waals surface area contributed by atoms with E-state index >= 15 is 0 Å². The van der Waals surface area contributed by atoms with Crippen LogP contribution < -0.4 is 9.64 Å². The third-order valence-corrected chi connectivity index (χ3v) is 2.52. The van der Waals surface area contributed by atoms with Crippen molar-refractivity contribution in [3.05, 3.63) is 18.3 Å². The van der Waals surface area contributed by atoms with Crippen LogP contribution in [-0.4, -0.2) is 36.3 Å². The summed E-state index contributed by atoms with van der Waals surface area (Å²) in [5.74, 6) is -0.428. The Balaban J connectivity index is 2.03. The molecule has 0 saturated carbocycles. The summed E-state index contributed by atoms with van der Waals surface area (Å²) < 4.78 is 4.99. The maximum Gasteiger partial charge on any atom is 0.310 e. The Labute approximate surface area is 87.3 Å². The molecule has 15 heavy (non-hydrogen) atoms. The molecule has 0 aliphatic carbocycles.